The number of carbonyl (C=O) groups is 1. The summed E-state index contributed by atoms with van der Waals surface area (Å²) in [5.41, 5.74) is 4.61. The molecule has 2 heterocycles. The number of nitrogens with one attached hydrogen (secondary N) is 2. The molecule has 0 aliphatic rings. The molecule has 0 aliphatic heterocycles. The van der Waals surface area contributed by atoms with Gasteiger partial charge in [0.25, 0.3) is 5.91 Å². The molecule has 1 atom stereocenters. The molecule has 1 unspecified atom stereocenters. The normalized spacial score (nSPS) is 12.1. The molecule has 5 rings (SSSR count). The van der Waals surface area contributed by atoms with E-state index in [0.717, 1.165) is 22.0 Å². The average Bonchev–Trinajstić information content (AvgIpc) is 3.44. The predicted molar refractivity (Wildman–Crippen MR) is 127 cm³/mol. The molecular weight excluding hydrogens is 415 g/mol. The van der Waals surface area contributed by atoms with Gasteiger partial charge in [-0.1, -0.05) is 60.7 Å². The molecule has 0 saturated carbocycles. The summed E-state index contributed by atoms with van der Waals surface area (Å²) in [6.07, 6.45) is 3.50. The van der Waals surface area contributed by atoms with E-state index < -0.39 is 0 Å². The summed E-state index contributed by atoms with van der Waals surface area (Å²) >= 11 is 0. The number of para-hydroxylation sites is 2. The van der Waals surface area contributed by atoms with Crippen molar-refractivity contribution in [2.75, 3.05) is 6.54 Å². The summed E-state index contributed by atoms with van der Waals surface area (Å²) in [6.45, 7) is 2.18. The molecule has 0 aliphatic carbocycles. The highest BCUT2D eigenvalue weighted by Crippen LogP contribution is 2.30. The van der Waals surface area contributed by atoms with Crippen LogP contribution in [0.15, 0.2) is 91.3 Å². The van der Waals surface area contributed by atoms with E-state index in [0.29, 0.717) is 23.5 Å². The van der Waals surface area contributed by atoms with Gasteiger partial charge in [0.15, 0.2) is 0 Å². The number of aromatic amines is 1. The zero-order chi connectivity index (χ0) is 22.8. The van der Waals surface area contributed by atoms with Gasteiger partial charge in [0.2, 0.25) is 0 Å². The lowest BCUT2D eigenvalue weighted by Crippen LogP contribution is -2.29. The first kappa shape index (κ1) is 20.7. The van der Waals surface area contributed by atoms with Crippen LogP contribution in [0.3, 0.4) is 0 Å². The zero-order valence-corrected chi connectivity index (χ0v) is 18.1. The predicted octanol–water partition coefficient (Wildman–Crippen LogP) is 5.36. The molecule has 5 nitrogen and oxygen atoms in total. The van der Waals surface area contributed by atoms with Gasteiger partial charge in [-0.2, -0.15) is 5.10 Å². The third-order valence-electron chi connectivity index (χ3n) is 6.00. The van der Waals surface area contributed by atoms with Gasteiger partial charge < -0.3 is 10.3 Å². The monoisotopic (exact) mass is 438 g/mol. The Balaban J connectivity index is 1.43. The highest BCUT2D eigenvalue weighted by molar-refractivity contribution is 5.95. The molecule has 0 saturated heterocycles. The van der Waals surface area contributed by atoms with Gasteiger partial charge in [0, 0.05) is 29.6 Å². The van der Waals surface area contributed by atoms with Gasteiger partial charge in [-0.3, -0.25) is 4.79 Å². The Morgan fingerprint density at radius 1 is 1.03 bits per heavy atom. The van der Waals surface area contributed by atoms with Gasteiger partial charge in [0.1, 0.15) is 11.5 Å². The van der Waals surface area contributed by atoms with E-state index in [-0.39, 0.29) is 17.6 Å². The van der Waals surface area contributed by atoms with Crippen LogP contribution in [0.4, 0.5) is 4.39 Å². The molecule has 164 valence electrons. The van der Waals surface area contributed by atoms with Crippen molar-refractivity contribution >= 4 is 16.8 Å². The Labute approximate surface area is 190 Å². The van der Waals surface area contributed by atoms with Crippen LogP contribution in [0, 0.1) is 12.7 Å². The first-order valence-electron chi connectivity index (χ1n) is 10.8. The van der Waals surface area contributed by atoms with E-state index in [4.69, 9.17) is 0 Å². The van der Waals surface area contributed by atoms with Crippen LogP contribution < -0.4 is 5.32 Å². The fourth-order valence-electron chi connectivity index (χ4n) is 4.26. The second kappa shape index (κ2) is 8.74. The maximum absolute atomic E-state index is 14.2. The number of nitrogens with zero attached hydrogens (tertiary/aromatic N) is 2. The lowest BCUT2D eigenvalue weighted by molar-refractivity contribution is 0.0952. The number of hydrogen-bond acceptors (Lipinski definition) is 2. The van der Waals surface area contributed by atoms with Crippen LogP contribution in [0.5, 0.6) is 0 Å². The Hall–Kier alpha value is -4.19. The minimum Gasteiger partial charge on any atom is -0.361 e. The molecule has 6 heteroatoms. The molecule has 2 N–H and O–H groups in total. The summed E-state index contributed by atoms with van der Waals surface area (Å²) in [4.78, 5) is 16.4. The SMILES string of the molecule is Cc1c(C(=O)NCC(c2ccccc2)c2c[nH]c3ccccc23)cnn1-c1ccccc1F. The summed E-state index contributed by atoms with van der Waals surface area (Å²) in [5, 5.41) is 8.45. The second-order valence-electron chi connectivity index (χ2n) is 7.97. The molecule has 5 aromatic rings. The van der Waals surface area contributed by atoms with Crippen LogP contribution >= 0.6 is 0 Å². The van der Waals surface area contributed by atoms with Crippen molar-refractivity contribution in [1.82, 2.24) is 20.1 Å². The van der Waals surface area contributed by atoms with E-state index in [9.17, 15) is 9.18 Å². The van der Waals surface area contributed by atoms with E-state index in [2.05, 4.69) is 33.6 Å². The minimum absolute atomic E-state index is 0.0341. The number of amides is 1. The highest BCUT2D eigenvalue weighted by Gasteiger charge is 2.21. The number of benzene rings is 3. The Morgan fingerprint density at radius 2 is 1.76 bits per heavy atom. The van der Waals surface area contributed by atoms with Gasteiger partial charge in [-0.05, 0) is 36.2 Å². The topological polar surface area (TPSA) is 62.7 Å². The van der Waals surface area contributed by atoms with Crippen molar-refractivity contribution in [3.63, 3.8) is 0 Å². The number of hydrogen-bond donors (Lipinski definition) is 2. The third-order valence-corrected chi connectivity index (χ3v) is 6.00. The van der Waals surface area contributed by atoms with E-state index in [1.807, 2.05) is 42.6 Å². The van der Waals surface area contributed by atoms with E-state index >= 15 is 0 Å². The number of aromatic nitrogens is 3. The number of rotatable bonds is 6. The molecule has 0 fully saturated rings. The minimum atomic E-state index is -0.390. The molecule has 0 bridgehead atoms. The molecular formula is C27H23FN4O. The molecule has 33 heavy (non-hydrogen) atoms. The fraction of sp³-hybridized carbons (Fsp3) is 0.111. The summed E-state index contributed by atoms with van der Waals surface area (Å²) in [5.74, 6) is -0.664. The number of fused-ring (bicyclic) bond motifs is 1. The third kappa shape index (κ3) is 3.91. The van der Waals surface area contributed by atoms with Crippen molar-refractivity contribution in [3.05, 3.63) is 119 Å². The van der Waals surface area contributed by atoms with Gasteiger partial charge >= 0.3 is 0 Å². The summed E-state index contributed by atoms with van der Waals surface area (Å²) in [6, 6.07) is 24.6. The lowest BCUT2D eigenvalue weighted by Gasteiger charge is -2.18. The Kier molecular flexibility index (Phi) is 5.48. The standard InChI is InChI=1S/C27H23FN4O/c1-18-21(17-31-32(18)26-14-8-6-12-24(26)28)27(33)30-15-22(19-9-3-2-4-10-19)23-16-29-25-13-7-5-11-20(23)25/h2-14,16-17,22,29H,15H2,1H3,(H,30,33). The van der Waals surface area contributed by atoms with Gasteiger partial charge in [-0.15, -0.1) is 0 Å². The first-order chi connectivity index (χ1) is 16.1. The van der Waals surface area contributed by atoms with Crippen molar-refractivity contribution in [1.29, 1.82) is 0 Å². The van der Waals surface area contributed by atoms with Crippen LogP contribution in [0.1, 0.15) is 33.1 Å². The molecule has 1 amide bonds. The number of halogens is 1. The Morgan fingerprint density at radius 3 is 2.58 bits per heavy atom. The smallest absolute Gasteiger partial charge is 0.254 e. The Bertz CT molecular complexity index is 1420. The largest absolute Gasteiger partial charge is 0.361 e. The average molecular weight is 439 g/mol. The van der Waals surface area contributed by atoms with Crippen molar-refractivity contribution in [3.8, 4) is 5.69 Å². The zero-order valence-electron chi connectivity index (χ0n) is 18.1. The fourth-order valence-corrected chi connectivity index (χ4v) is 4.26. The van der Waals surface area contributed by atoms with Crippen LogP contribution in [0.2, 0.25) is 0 Å². The van der Waals surface area contributed by atoms with Crippen molar-refractivity contribution in [2.45, 2.75) is 12.8 Å². The van der Waals surface area contributed by atoms with E-state index in [1.165, 1.54) is 16.9 Å². The number of H-pyrrole nitrogens is 1. The molecule has 2 aromatic heterocycles. The van der Waals surface area contributed by atoms with Gasteiger partial charge in [0.05, 0.1) is 17.5 Å². The van der Waals surface area contributed by atoms with Crippen molar-refractivity contribution < 1.29 is 9.18 Å². The van der Waals surface area contributed by atoms with Gasteiger partial charge in [-0.25, -0.2) is 9.07 Å². The highest BCUT2D eigenvalue weighted by atomic mass is 19.1. The maximum atomic E-state index is 14.2. The maximum Gasteiger partial charge on any atom is 0.254 e. The first-order valence-corrected chi connectivity index (χ1v) is 10.8. The second-order valence-corrected chi connectivity index (χ2v) is 7.97. The van der Waals surface area contributed by atoms with Crippen LogP contribution in [-0.4, -0.2) is 27.2 Å². The lowest BCUT2D eigenvalue weighted by atomic mass is 9.91. The van der Waals surface area contributed by atoms with Crippen LogP contribution in [0.25, 0.3) is 16.6 Å². The molecule has 0 radical (unpaired) electrons. The summed E-state index contributed by atoms with van der Waals surface area (Å²) < 4.78 is 15.7. The van der Waals surface area contributed by atoms with Crippen LogP contribution in [-0.2, 0) is 0 Å². The molecule has 3 aromatic carbocycles. The quantitative estimate of drug-likeness (QED) is 0.375. The van der Waals surface area contributed by atoms with Crippen molar-refractivity contribution in [2.24, 2.45) is 0 Å². The molecule has 0 spiro atoms. The number of carbonyl (C=O) groups excluding carboxylic acids is 1. The summed E-state index contributed by atoms with van der Waals surface area (Å²) in [7, 11) is 0. The van der Waals surface area contributed by atoms with E-state index in [1.54, 1.807) is 25.1 Å².